The second-order valence-electron chi connectivity index (χ2n) is 1.82. The minimum atomic E-state index is -0.462. The Kier molecular flexibility index (Phi) is 2.64. The maximum Gasteiger partial charge on any atom is 0.244 e. The number of rotatable bonds is 2. The van der Waals surface area contributed by atoms with Crippen LogP contribution in [0.15, 0.2) is 11.1 Å². The van der Waals surface area contributed by atoms with Crippen LogP contribution in [0.2, 0.25) is 0 Å². The van der Waals surface area contributed by atoms with E-state index in [1.165, 1.54) is 0 Å². The Hall–Kier alpha value is -1.12. The van der Waals surface area contributed by atoms with E-state index in [2.05, 4.69) is 0 Å². The minimum Gasteiger partial charge on any atom is -0.366 e. The summed E-state index contributed by atoms with van der Waals surface area (Å²) < 4.78 is 0. The van der Waals surface area contributed by atoms with Crippen molar-refractivity contribution in [3.8, 4) is 0 Å². The van der Waals surface area contributed by atoms with Crippen molar-refractivity contribution in [3.05, 3.63) is 11.1 Å². The molecule has 0 radical (unpaired) electrons. The summed E-state index contributed by atoms with van der Waals surface area (Å²) in [5.74, 6) is -0.462. The van der Waals surface area contributed by atoms with E-state index in [1.54, 1.807) is 13.8 Å². The van der Waals surface area contributed by atoms with Gasteiger partial charge in [0.05, 0.1) is 0 Å². The molecule has 50 valence electrons. The number of primary amides is 1. The smallest absolute Gasteiger partial charge is 0.244 e. The number of nitrogens with two attached hydrogens (primary N) is 1. The molecule has 0 aliphatic carbocycles. The summed E-state index contributed by atoms with van der Waals surface area (Å²) in [5, 5.41) is 6.74. The standard InChI is InChI=1S/C6H10N2O/c1-4(3-7)5(2)6(8)9/h3,7H,1-2H3,(H2,8,9)/b5-4-,7-3?. The van der Waals surface area contributed by atoms with Gasteiger partial charge in [-0.1, -0.05) is 0 Å². The van der Waals surface area contributed by atoms with Crippen molar-refractivity contribution in [2.45, 2.75) is 13.8 Å². The maximum atomic E-state index is 10.4. The van der Waals surface area contributed by atoms with E-state index in [0.717, 1.165) is 6.21 Å². The number of carbonyl (C=O) groups excluding carboxylic acids is 1. The quantitative estimate of drug-likeness (QED) is 0.409. The van der Waals surface area contributed by atoms with Gasteiger partial charge in [0.1, 0.15) is 0 Å². The lowest BCUT2D eigenvalue weighted by Gasteiger charge is -1.94. The Balaban J connectivity index is 4.47. The van der Waals surface area contributed by atoms with Crippen LogP contribution in [-0.2, 0) is 4.79 Å². The van der Waals surface area contributed by atoms with Crippen LogP contribution in [0.3, 0.4) is 0 Å². The first-order valence-corrected chi connectivity index (χ1v) is 2.57. The van der Waals surface area contributed by atoms with Crippen LogP contribution < -0.4 is 5.73 Å². The van der Waals surface area contributed by atoms with E-state index in [-0.39, 0.29) is 0 Å². The van der Waals surface area contributed by atoms with Gasteiger partial charge in [-0.2, -0.15) is 0 Å². The van der Waals surface area contributed by atoms with Crippen LogP contribution in [0.5, 0.6) is 0 Å². The van der Waals surface area contributed by atoms with Crippen molar-refractivity contribution < 1.29 is 4.79 Å². The van der Waals surface area contributed by atoms with Gasteiger partial charge in [0.25, 0.3) is 0 Å². The molecule has 0 aromatic rings. The number of hydrogen-bond acceptors (Lipinski definition) is 2. The normalized spacial score (nSPS) is 12.2. The summed E-state index contributed by atoms with van der Waals surface area (Å²) in [5.41, 5.74) is 5.97. The Labute approximate surface area is 54.1 Å². The third-order valence-corrected chi connectivity index (χ3v) is 1.18. The van der Waals surface area contributed by atoms with E-state index in [0.29, 0.717) is 11.1 Å². The fraction of sp³-hybridized carbons (Fsp3) is 0.333. The average molecular weight is 126 g/mol. The first kappa shape index (κ1) is 7.88. The summed E-state index contributed by atoms with van der Waals surface area (Å²) >= 11 is 0. The van der Waals surface area contributed by atoms with Crippen molar-refractivity contribution in [1.29, 1.82) is 5.41 Å². The average Bonchev–Trinajstić information content (AvgIpc) is 1.84. The summed E-state index contributed by atoms with van der Waals surface area (Å²) in [7, 11) is 0. The molecule has 0 aromatic carbocycles. The molecule has 0 saturated heterocycles. The van der Waals surface area contributed by atoms with E-state index >= 15 is 0 Å². The second-order valence-corrected chi connectivity index (χ2v) is 1.82. The highest BCUT2D eigenvalue weighted by Crippen LogP contribution is 1.97. The lowest BCUT2D eigenvalue weighted by molar-refractivity contribution is -0.114. The molecule has 0 spiro atoms. The van der Waals surface area contributed by atoms with Crippen molar-refractivity contribution in [2.75, 3.05) is 0 Å². The molecule has 3 heteroatoms. The zero-order valence-corrected chi connectivity index (χ0v) is 5.56. The lowest BCUT2D eigenvalue weighted by Crippen LogP contribution is -2.13. The second kappa shape index (κ2) is 3.02. The molecule has 0 rings (SSSR count). The van der Waals surface area contributed by atoms with E-state index in [9.17, 15) is 4.79 Å². The number of carbonyl (C=O) groups is 1. The Morgan fingerprint density at radius 1 is 1.56 bits per heavy atom. The van der Waals surface area contributed by atoms with Gasteiger partial charge in [-0.15, -0.1) is 0 Å². The minimum absolute atomic E-state index is 0.449. The van der Waals surface area contributed by atoms with Crippen molar-refractivity contribution in [3.63, 3.8) is 0 Å². The van der Waals surface area contributed by atoms with Crippen LogP contribution in [0, 0.1) is 5.41 Å². The third kappa shape index (κ3) is 2.08. The number of amides is 1. The SMILES string of the molecule is C/C(C=N)=C(\C)C(N)=O. The zero-order valence-electron chi connectivity index (χ0n) is 5.56. The largest absolute Gasteiger partial charge is 0.366 e. The molecule has 0 atom stereocenters. The molecule has 0 bridgehead atoms. The van der Waals surface area contributed by atoms with Crippen molar-refractivity contribution >= 4 is 12.1 Å². The molecule has 3 N–H and O–H groups in total. The molecule has 0 unspecified atom stereocenters. The van der Waals surface area contributed by atoms with Crippen molar-refractivity contribution in [2.24, 2.45) is 5.73 Å². The lowest BCUT2D eigenvalue weighted by atomic mass is 10.1. The molecule has 0 aliphatic heterocycles. The number of allylic oxidation sites excluding steroid dienone is 1. The molecular formula is C6H10N2O. The van der Waals surface area contributed by atoms with E-state index < -0.39 is 5.91 Å². The highest BCUT2D eigenvalue weighted by Gasteiger charge is 1.98. The Bertz CT molecular complexity index is 170. The third-order valence-electron chi connectivity index (χ3n) is 1.18. The molecule has 0 aromatic heterocycles. The Morgan fingerprint density at radius 2 is 2.00 bits per heavy atom. The van der Waals surface area contributed by atoms with Gasteiger partial charge in [0.15, 0.2) is 0 Å². The zero-order chi connectivity index (χ0) is 7.44. The van der Waals surface area contributed by atoms with E-state index in [1.807, 2.05) is 0 Å². The van der Waals surface area contributed by atoms with Gasteiger partial charge in [-0.25, -0.2) is 0 Å². The van der Waals surface area contributed by atoms with Crippen LogP contribution in [0.4, 0.5) is 0 Å². The summed E-state index contributed by atoms with van der Waals surface area (Å²) in [6.45, 7) is 3.27. The van der Waals surface area contributed by atoms with Gasteiger partial charge in [0, 0.05) is 11.8 Å². The first-order valence-electron chi connectivity index (χ1n) is 2.57. The number of hydrogen-bond donors (Lipinski definition) is 2. The summed E-state index contributed by atoms with van der Waals surface area (Å²) in [6.07, 6.45) is 1.11. The first-order chi connectivity index (χ1) is 4.09. The highest BCUT2D eigenvalue weighted by molar-refractivity contribution is 5.97. The topological polar surface area (TPSA) is 66.9 Å². The fourth-order valence-corrected chi connectivity index (χ4v) is 0.303. The molecule has 3 nitrogen and oxygen atoms in total. The molecule has 0 heterocycles. The predicted molar refractivity (Wildman–Crippen MR) is 36.4 cm³/mol. The van der Waals surface area contributed by atoms with Crippen LogP contribution in [0.25, 0.3) is 0 Å². The molecule has 0 fully saturated rings. The summed E-state index contributed by atoms with van der Waals surface area (Å²) in [4.78, 5) is 10.4. The highest BCUT2D eigenvalue weighted by atomic mass is 16.1. The van der Waals surface area contributed by atoms with Gasteiger partial charge >= 0.3 is 0 Å². The monoisotopic (exact) mass is 126 g/mol. The van der Waals surface area contributed by atoms with Gasteiger partial charge in [-0.3, -0.25) is 4.79 Å². The molecule has 1 amide bonds. The van der Waals surface area contributed by atoms with E-state index in [4.69, 9.17) is 11.1 Å². The molecular weight excluding hydrogens is 116 g/mol. The maximum absolute atomic E-state index is 10.4. The van der Waals surface area contributed by atoms with Gasteiger partial charge in [-0.05, 0) is 19.4 Å². The van der Waals surface area contributed by atoms with Crippen LogP contribution in [0.1, 0.15) is 13.8 Å². The van der Waals surface area contributed by atoms with Crippen molar-refractivity contribution in [1.82, 2.24) is 0 Å². The molecule has 0 saturated carbocycles. The Morgan fingerprint density at radius 3 is 2.11 bits per heavy atom. The summed E-state index contributed by atoms with van der Waals surface area (Å²) in [6, 6.07) is 0. The predicted octanol–water partition coefficient (Wildman–Crippen LogP) is 0.458. The number of nitrogens with one attached hydrogen (secondary N) is 1. The van der Waals surface area contributed by atoms with Crippen LogP contribution >= 0.6 is 0 Å². The molecule has 0 aliphatic rings. The fourth-order valence-electron chi connectivity index (χ4n) is 0.303. The van der Waals surface area contributed by atoms with Gasteiger partial charge in [0.2, 0.25) is 5.91 Å². The van der Waals surface area contributed by atoms with Crippen LogP contribution in [-0.4, -0.2) is 12.1 Å². The van der Waals surface area contributed by atoms with Gasteiger partial charge < -0.3 is 11.1 Å². The molecule has 9 heavy (non-hydrogen) atoms.